The van der Waals surface area contributed by atoms with E-state index in [0.29, 0.717) is 10.6 Å². The Morgan fingerprint density at radius 3 is 2.78 bits per heavy atom. The van der Waals surface area contributed by atoms with Gasteiger partial charge in [0.05, 0.1) is 11.1 Å². The molecule has 1 aliphatic rings. The lowest BCUT2D eigenvalue weighted by Gasteiger charge is -2.27. The van der Waals surface area contributed by atoms with Crippen LogP contribution in [0.1, 0.15) is 49.9 Å². The predicted octanol–water partition coefficient (Wildman–Crippen LogP) is 4.50. The standard InChI is InChI=1S/C15H19ClO2/c1-10-4-3-5-12(8-10)18-13-6-7-14(11(2)17)15(16)9-13/h6-7,9-10,12H,3-5,8H2,1-2H3. The summed E-state index contributed by atoms with van der Waals surface area (Å²) in [6.45, 7) is 3.78. The minimum atomic E-state index is -0.0159. The highest BCUT2D eigenvalue weighted by atomic mass is 35.5. The van der Waals surface area contributed by atoms with E-state index < -0.39 is 0 Å². The van der Waals surface area contributed by atoms with Crippen molar-refractivity contribution in [1.29, 1.82) is 0 Å². The van der Waals surface area contributed by atoms with Gasteiger partial charge >= 0.3 is 0 Å². The molecule has 1 saturated carbocycles. The van der Waals surface area contributed by atoms with Crippen LogP contribution in [-0.4, -0.2) is 11.9 Å². The highest BCUT2D eigenvalue weighted by molar-refractivity contribution is 6.34. The summed E-state index contributed by atoms with van der Waals surface area (Å²) in [5, 5.41) is 0.476. The van der Waals surface area contributed by atoms with Gasteiger partial charge in [-0.05, 0) is 50.3 Å². The van der Waals surface area contributed by atoms with Gasteiger partial charge in [-0.2, -0.15) is 0 Å². The van der Waals surface area contributed by atoms with Crippen LogP contribution in [0.4, 0.5) is 0 Å². The fraction of sp³-hybridized carbons (Fsp3) is 0.533. The molecule has 98 valence electrons. The average Bonchev–Trinajstić information content (AvgIpc) is 2.28. The van der Waals surface area contributed by atoms with E-state index in [4.69, 9.17) is 16.3 Å². The number of Topliss-reactive ketones (excluding diaryl/α,β-unsaturated/α-hetero) is 1. The first-order chi connectivity index (χ1) is 8.56. The molecule has 0 aromatic heterocycles. The number of halogens is 1. The zero-order valence-corrected chi connectivity index (χ0v) is 11.7. The van der Waals surface area contributed by atoms with Gasteiger partial charge in [0.25, 0.3) is 0 Å². The van der Waals surface area contributed by atoms with Gasteiger partial charge < -0.3 is 4.74 Å². The number of rotatable bonds is 3. The first-order valence-electron chi connectivity index (χ1n) is 6.53. The molecule has 0 amide bonds. The number of hydrogen-bond acceptors (Lipinski definition) is 2. The first kappa shape index (κ1) is 13.4. The molecule has 1 aromatic carbocycles. The van der Waals surface area contributed by atoms with Crippen molar-refractivity contribution in [2.45, 2.75) is 45.6 Å². The van der Waals surface area contributed by atoms with Crippen molar-refractivity contribution >= 4 is 17.4 Å². The fourth-order valence-corrected chi connectivity index (χ4v) is 2.84. The number of ketones is 1. The minimum Gasteiger partial charge on any atom is -0.490 e. The molecule has 1 fully saturated rings. The van der Waals surface area contributed by atoms with Gasteiger partial charge in [0.2, 0.25) is 0 Å². The summed E-state index contributed by atoms with van der Waals surface area (Å²) in [7, 11) is 0. The Labute approximate surface area is 113 Å². The maximum absolute atomic E-state index is 11.3. The molecule has 0 heterocycles. The Morgan fingerprint density at radius 2 is 2.17 bits per heavy atom. The Hall–Kier alpha value is -1.02. The number of carbonyl (C=O) groups is 1. The van der Waals surface area contributed by atoms with Crippen molar-refractivity contribution < 1.29 is 9.53 Å². The van der Waals surface area contributed by atoms with Crippen LogP contribution < -0.4 is 4.74 Å². The van der Waals surface area contributed by atoms with Crippen LogP contribution in [0.2, 0.25) is 5.02 Å². The molecule has 2 unspecified atom stereocenters. The maximum atomic E-state index is 11.3. The molecule has 0 bridgehead atoms. The molecule has 1 aromatic rings. The van der Waals surface area contributed by atoms with Gasteiger partial charge in [-0.15, -0.1) is 0 Å². The van der Waals surface area contributed by atoms with Crippen LogP contribution in [0.3, 0.4) is 0 Å². The van der Waals surface area contributed by atoms with Crippen molar-refractivity contribution in [1.82, 2.24) is 0 Å². The quantitative estimate of drug-likeness (QED) is 0.753. The first-order valence-corrected chi connectivity index (χ1v) is 6.91. The Morgan fingerprint density at radius 1 is 1.39 bits per heavy atom. The normalized spacial score (nSPS) is 23.7. The van der Waals surface area contributed by atoms with Crippen molar-refractivity contribution in [2.75, 3.05) is 0 Å². The lowest BCUT2D eigenvalue weighted by molar-refractivity contribution is 0.101. The van der Waals surface area contributed by atoms with E-state index in [0.717, 1.165) is 24.5 Å². The summed E-state index contributed by atoms with van der Waals surface area (Å²) in [5.74, 6) is 1.48. The van der Waals surface area contributed by atoms with Crippen molar-refractivity contribution in [3.63, 3.8) is 0 Å². The van der Waals surface area contributed by atoms with E-state index in [1.807, 2.05) is 6.07 Å². The molecule has 1 aliphatic carbocycles. The summed E-state index contributed by atoms with van der Waals surface area (Å²) >= 11 is 6.07. The summed E-state index contributed by atoms with van der Waals surface area (Å²) < 4.78 is 5.95. The molecule has 0 radical (unpaired) electrons. The van der Waals surface area contributed by atoms with E-state index in [-0.39, 0.29) is 11.9 Å². The van der Waals surface area contributed by atoms with E-state index in [1.165, 1.54) is 19.8 Å². The summed E-state index contributed by atoms with van der Waals surface area (Å²) in [5.41, 5.74) is 0.557. The van der Waals surface area contributed by atoms with E-state index in [2.05, 4.69) is 6.92 Å². The second kappa shape index (κ2) is 5.75. The minimum absolute atomic E-state index is 0.0159. The van der Waals surface area contributed by atoms with Gasteiger partial charge in [0.1, 0.15) is 5.75 Å². The third-order valence-corrected chi connectivity index (χ3v) is 3.82. The van der Waals surface area contributed by atoms with Gasteiger partial charge in [-0.25, -0.2) is 0 Å². The number of ether oxygens (including phenoxy) is 1. The molecule has 0 N–H and O–H groups in total. The molecule has 0 spiro atoms. The van der Waals surface area contributed by atoms with Crippen LogP contribution in [0.25, 0.3) is 0 Å². The maximum Gasteiger partial charge on any atom is 0.161 e. The Kier molecular flexibility index (Phi) is 4.28. The summed E-state index contributed by atoms with van der Waals surface area (Å²) in [4.78, 5) is 11.3. The number of hydrogen-bond donors (Lipinski definition) is 0. The molecular weight excluding hydrogens is 248 g/mol. The largest absolute Gasteiger partial charge is 0.490 e. The molecule has 18 heavy (non-hydrogen) atoms. The second-order valence-electron chi connectivity index (χ2n) is 5.21. The third-order valence-electron chi connectivity index (χ3n) is 3.51. The monoisotopic (exact) mass is 266 g/mol. The molecule has 0 saturated heterocycles. The van der Waals surface area contributed by atoms with Crippen LogP contribution in [0.5, 0.6) is 5.75 Å². The van der Waals surface area contributed by atoms with Gasteiger partial charge in [0, 0.05) is 5.56 Å². The highest BCUT2D eigenvalue weighted by Gasteiger charge is 2.20. The zero-order valence-electron chi connectivity index (χ0n) is 10.9. The molecule has 3 heteroatoms. The second-order valence-corrected chi connectivity index (χ2v) is 5.62. The van der Waals surface area contributed by atoms with Crippen LogP contribution in [0, 0.1) is 5.92 Å². The lowest BCUT2D eigenvalue weighted by atomic mass is 9.89. The Bertz CT molecular complexity index is 442. The van der Waals surface area contributed by atoms with Gasteiger partial charge in [0.15, 0.2) is 5.78 Å². The molecule has 0 aliphatic heterocycles. The smallest absolute Gasteiger partial charge is 0.161 e. The molecular formula is C15H19ClO2. The van der Waals surface area contributed by atoms with Crippen LogP contribution in [-0.2, 0) is 0 Å². The van der Waals surface area contributed by atoms with Crippen molar-refractivity contribution in [3.05, 3.63) is 28.8 Å². The lowest BCUT2D eigenvalue weighted by Crippen LogP contribution is -2.24. The van der Waals surface area contributed by atoms with Crippen molar-refractivity contribution in [2.24, 2.45) is 5.92 Å². The molecule has 2 rings (SSSR count). The highest BCUT2D eigenvalue weighted by Crippen LogP contribution is 2.29. The van der Waals surface area contributed by atoms with E-state index in [1.54, 1.807) is 12.1 Å². The summed E-state index contributed by atoms with van der Waals surface area (Å²) in [6, 6.07) is 5.33. The molecule has 2 nitrogen and oxygen atoms in total. The van der Waals surface area contributed by atoms with Crippen LogP contribution in [0.15, 0.2) is 18.2 Å². The summed E-state index contributed by atoms with van der Waals surface area (Å²) in [6.07, 6.45) is 5.02. The SMILES string of the molecule is CC(=O)c1ccc(OC2CCCC(C)C2)cc1Cl. The van der Waals surface area contributed by atoms with E-state index >= 15 is 0 Å². The molecule has 2 atom stereocenters. The Balaban J connectivity index is 2.05. The number of carbonyl (C=O) groups excluding carboxylic acids is 1. The third kappa shape index (κ3) is 3.26. The van der Waals surface area contributed by atoms with Gasteiger partial charge in [-0.3, -0.25) is 4.79 Å². The zero-order chi connectivity index (χ0) is 13.1. The topological polar surface area (TPSA) is 26.3 Å². The van der Waals surface area contributed by atoms with E-state index in [9.17, 15) is 4.79 Å². The average molecular weight is 267 g/mol. The fourth-order valence-electron chi connectivity index (χ4n) is 2.53. The van der Waals surface area contributed by atoms with Crippen molar-refractivity contribution in [3.8, 4) is 5.75 Å². The predicted molar refractivity (Wildman–Crippen MR) is 73.5 cm³/mol. The van der Waals surface area contributed by atoms with Crippen LogP contribution >= 0.6 is 11.6 Å². The van der Waals surface area contributed by atoms with Gasteiger partial charge in [-0.1, -0.05) is 24.9 Å². The number of benzene rings is 1.